The van der Waals surface area contributed by atoms with E-state index in [9.17, 15) is 9.59 Å². The van der Waals surface area contributed by atoms with Crippen LogP contribution < -0.4 is 0 Å². The van der Waals surface area contributed by atoms with E-state index in [1.165, 1.54) is 0 Å². The summed E-state index contributed by atoms with van der Waals surface area (Å²) in [6.45, 7) is 6.88. The number of rotatable bonds is 0. The molecule has 0 radical (unpaired) electrons. The molecule has 2 aliphatic rings. The molecular weight excluding hydrogens is 242 g/mol. The molecule has 2 fully saturated rings. The van der Waals surface area contributed by atoms with Crippen molar-refractivity contribution in [3.8, 4) is 0 Å². The van der Waals surface area contributed by atoms with Crippen molar-refractivity contribution in [2.24, 2.45) is 5.41 Å². The number of amides is 1. The number of Topliss-reactive ketones (excluding diaryl/α,β-unsaturated/α-hetero) is 1. The van der Waals surface area contributed by atoms with Crippen LogP contribution in [0.15, 0.2) is 0 Å². The Kier molecular flexibility index (Phi) is 3.88. The molecule has 4 heteroatoms. The molecule has 1 heterocycles. The molecule has 1 spiro atoms. The molecule has 4 nitrogen and oxygen atoms in total. The summed E-state index contributed by atoms with van der Waals surface area (Å²) >= 11 is 0. The van der Waals surface area contributed by atoms with Gasteiger partial charge in [0.2, 0.25) is 0 Å². The van der Waals surface area contributed by atoms with E-state index in [1.807, 2.05) is 20.8 Å². The highest BCUT2D eigenvalue weighted by Gasteiger charge is 2.44. The van der Waals surface area contributed by atoms with E-state index in [4.69, 9.17) is 4.74 Å². The summed E-state index contributed by atoms with van der Waals surface area (Å²) in [5, 5.41) is 0. The van der Waals surface area contributed by atoms with Gasteiger partial charge in [0.05, 0.1) is 0 Å². The van der Waals surface area contributed by atoms with Crippen molar-refractivity contribution < 1.29 is 14.3 Å². The van der Waals surface area contributed by atoms with Gasteiger partial charge in [0.1, 0.15) is 11.4 Å². The number of nitrogens with zero attached hydrogens (tertiary/aromatic N) is 1. The molecule has 1 saturated carbocycles. The zero-order valence-corrected chi connectivity index (χ0v) is 12.3. The first-order valence-electron chi connectivity index (χ1n) is 7.34. The van der Waals surface area contributed by atoms with Crippen LogP contribution in [0.1, 0.15) is 59.3 Å². The Labute approximate surface area is 115 Å². The maximum atomic E-state index is 12.2. The van der Waals surface area contributed by atoms with Gasteiger partial charge in [0.15, 0.2) is 0 Å². The Morgan fingerprint density at radius 3 is 2.53 bits per heavy atom. The largest absolute Gasteiger partial charge is 0.444 e. The quantitative estimate of drug-likeness (QED) is 0.677. The summed E-state index contributed by atoms with van der Waals surface area (Å²) in [6.07, 6.45) is 5.30. The van der Waals surface area contributed by atoms with E-state index >= 15 is 0 Å². The van der Waals surface area contributed by atoms with Crippen LogP contribution in [0.5, 0.6) is 0 Å². The van der Waals surface area contributed by atoms with Crippen molar-refractivity contribution in [3.63, 3.8) is 0 Å². The molecule has 2 rings (SSSR count). The van der Waals surface area contributed by atoms with Gasteiger partial charge in [-0.1, -0.05) is 6.42 Å². The second kappa shape index (κ2) is 5.14. The van der Waals surface area contributed by atoms with Gasteiger partial charge >= 0.3 is 6.09 Å². The van der Waals surface area contributed by atoms with Crippen LogP contribution in [0.2, 0.25) is 0 Å². The second-order valence-corrected chi connectivity index (χ2v) is 6.92. The third-order valence-corrected chi connectivity index (χ3v) is 4.13. The van der Waals surface area contributed by atoms with Gasteiger partial charge in [-0.05, 0) is 46.5 Å². The predicted molar refractivity (Wildman–Crippen MR) is 72.9 cm³/mol. The van der Waals surface area contributed by atoms with Gasteiger partial charge in [0, 0.05) is 24.9 Å². The third-order valence-electron chi connectivity index (χ3n) is 4.13. The van der Waals surface area contributed by atoms with Gasteiger partial charge in [-0.15, -0.1) is 0 Å². The number of ketones is 1. The number of hydrogen-bond donors (Lipinski definition) is 0. The smallest absolute Gasteiger partial charge is 0.410 e. The first-order valence-corrected chi connectivity index (χ1v) is 7.34. The van der Waals surface area contributed by atoms with Crippen molar-refractivity contribution in [2.75, 3.05) is 13.1 Å². The molecule has 19 heavy (non-hydrogen) atoms. The number of piperidine rings is 1. The molecule has 1 saturated heterocycles. The molecule has 0 aromatic carbocycles. The lowest BCUT2D eigenvalue weighted by atomic mass is 9.68. The minimum absolute atomic E-state index is 0.270. The molecular formula is C15H25NO3. The highest BCUT2D eigenvalue weighted by Crippen LogP contribution is 2.41. The Balaban J connectivity index is 2.04. The van der Waals surface area contributed by atoms with Crippen LogP contribution in [-0.2, 0) is 9.53 Å². The molecule has 0 aromatic heterocycles. The Morgan fingerprint density at radius 2 is 1.89 bits per heavy atom. The molecule has 1 unspecified atom stereocenters. The maximum Gasteiger partial charge on any atom is 0.410 e. The Bertz CT molecular complexity index is 368. The summed E-state index contributed by atoms with van der Waals surface area (Å²) < 4.78 is 5.42. The van der Waals surface area contributed by atoms with E-state index in [0.29, 0.717) is 25.3 Å². The average Bonchev–Trinajstić information content (AvgIpc) is 2.31. The average molecular weight is 267 g/mol. The van der Waals surface area contributed by atoms with E-state index in [2.05, 4.69) is 0 Å². The molecule has 0 aromatic rings. The first kappa shape index (κ1) is 14.4. The van der Waals surface area contributed by atoms with Gasteiger partial charge in [0.25, 0.3) is 0 Å². The Hall–Kier alpha value is -1.06. The molecule has 1 atom stereocenters. The lowest BCUT2D eigenvalue weighted by molar-refractivity contribution is -0.134. The second-order valence-electron chi connectivity index (χ2n) is 6.92. The summed E-state index contributed by atoms with van der Waals surface area (Å²) in [6, 6.07) is 0. The first-order chi connectivity index (χ1) is 8.82. The third kappa shape index (κ3) is 3.28. The maximum absolute atomic E-state index is 12.2. The van der Waals surface area contributed by atoms with Crippen molar-refractivity contribution >= 4 is 11.9 Å². The summed E-state index contributed by atoms with van der Waals surface area (Å²) in [4.78, 5) is 26.1. The normalized spacial score (nSPS) is 28.6. The zero-order valence-electron chi connectivity index (χ0n) is 12.3. The zero-order chi connectivity index (χ0) is 14.1. The lowest BCUT2D eigenvalue weighted by Gasteiger charge is -2.43. The number of hydrogen-bond acceptors (Lipinski definition) is 3. The van der Waals surface area contributed by atoms with Gasteiger partial charge in [-0.25, -0.2) is 4.79 Å². The highest BCUT2D eigenvalue weighted by atomic mass is 16.6. The van der Waals surface area contributed by atoms with Crippen LogP contribution in [-0.4, -0.2) is 35.5 Å². The fourth-order valence-corrected chi connectivity index (χ4v) is 3.20. The monoisotopic (exact) mass is 267 g/mol. The van der Waals surface area contributed by atoms with E-state index < -0.39 is 5.60 Å². The van der Waals surface area contributed by atoms with E-state index in [0.717, 1.165) is 32.1 Å². The van der Waals surface area contributed by atoms with Crippen LogP contribution >= 0.6 is 0 Å². The van der Waals surface area contributed by atoms with Crippen LogP contribution in [0.25, 0.3) is 0 Å². The van der Waals surface area contributed by atoms with Crippen LogP contribution in [0, 0.1) is 5.41 Å². The van der Waals surface area contributed by atoms with Gasteiger partial charge < -0.3 is 9.64 Å². The van der Waals surface area contributed by atoms with E-state index in [1.54, 1.807) is 4.90 Å². The fourth-order valence-electron chi connectivity index (χ4n) is 3.20. The molecule has 108 valence electrons. The summed E-state index contributed by atoms with van der Waals surface area (Å²) in [5.74, 6) is 0.354. The summed E-state index contributed by atoms with van der Waals surface area (Å²) in [5.41, 5.74) is -0.744. The topological polar surface area (TPSA) is 46.6 Å². The number of carbonyl (C=O) groups is 2. The standard InChI is InChI=1S/C15H25NO3/c1-14(2,3)19-13(18)16-10-6-9-15(11-16)8-5-4-7-12(15)17/h4-11H2,1-3H3. The van der Waals surface area contributed by atoms with Gasteiger partial charge in [-0.3, -0.25) is 4.79 Å². The van der Waals surface area contributed by atoms with Crippen molar-refractivity contribution in [1.82, 2.24) is 4.90 Å². The van der Waals surface area contributed by atoms with Crippen molar-refractivity contribution in [1.29, 1.82) is 0 Å². The van der Waals surface area contributed by atoms with Crippen LogP contribution in [0.4, 0.5) is 4.79 Å². The van der Waals surface area contributed by atoms with Gasteiger partial charge in [-0.2, -0.15) is 0 Å². The molecule has 1 aliphatic heterocycles. The number of likely N-dealkylation sites (tertiary alicyclic amines) is 1. The molecule has 0 bridgehead atoms. The minimum Gasteiger partial charge on any atom is -0.444 e. The number of ether oxygens (including phenoxy) is 1. The number of carbonyl (C=O) groups excluding carboxylic acids is 2. The van der Waals surface area contributed by atoms with E-state index in [-0.39, 0.29) is 11.5 Å². The van der Waals surface area contributed by atoms with Crippen molar-refractivity contribution in [3.05, 3.63) is 0 Å². The fraction of sp³-hybridized carbons (Fsp3) is 0.867. The molecule has 1 aliphatic carbocycles. The van der Waals surface area contributed by atoms with Crippen LogP contribution in [0.3, 0.4) is 0 Å². The van der Waals surface area contributed by atoms with Crippen molar-refractivity contribution in [2.45, 2.75) is 64.9 Å². The molecule has 0 N–H and O–H groups in total. The summed E-state index contributed by atoms with van der Waals surface area (Å²) in [7, 11) is 0. The predicted octanol–water partition coefficient (Wildman–Crippen LogP) is 3.15. The lowest BCUT2D eigenvalue weighted by Crippen LogP contribution is -2.51. The molecule has 1 amide bonds. The highest BCUT2D eigenvalue weighted by molar-refractivity contribution is 5.86. The Morgan fingerprint density at radius 1 is 1.21 bits per heavy atom. The SMILES string of the molecule is CC(C)(C)OC(=O)N1CCCC2(CCCCC2=O)C1. The minimum atomic E-state index is -0.474.